The van der Waals surface area contributed by atoms with Gasteiger partial charge in [-0.1, -0.05) is 6.07 Å². The Hall–Kier alpha value is -4.72. The van der Waals surface area contributed by atoms with E-state index in [1.807, 2.05) is 30.6 Å². The van der Waals surface area contributed by atoms with Gasteiger partial charge in [-0.05, 0) is 73.0 Å². The Kier molecular flexibility index (Phi) is 5.14. The zero-order valence-electron chi connectivity index (χ0n) is 19.7. The Morgan fingerprint density at radius 3 is 2.64 bits per heavy atom. The summed E-state index contributed by atoms with van der Waals surface area (Å²) in [6, 6.07) is 16.3. The van der Waals surface area contributed by atoms with Crippen LogP contribution in [-0.4, -0.2) is 36.3 Å². The van der Waals surface area contributed by atoms with Gasteiger partial charge in [-0.25, -0.2) is 9.37 Å². The van der Waals surface area contributed by atoms with Gasteiger partial charge in [-0.2, -0.15) is 5.10 Å². The number of fused-ring (bicyclic) bond motifs is 2. The maximum absolute atomic E-state index is 14.0. The van der Waals surface area contributed by atoms with Crippen LogP contribution in [0.1, 0.15) is 13.8 Å². The quantitative estimate of drug-likeness (QED) is 0.226. The van der Waals surface area contributed by atoms with Crippen LogP contribution in [-0.2, 0) is 0 Å². The van der Waals surface area contributed by atoms with E-state index in [1.165, 1.54) is 12.1 Å². The first-order valence-electron chi connectivity index (χ1n) is 11.6. The number of hydrogen-bond acceptors (Lipinski definition) is 5. The third-order valence-corrected chi connectivity index (χ3v) is 6.07. The van der Waals surface area contributed by atoms with Crippen molar-refractivity contribution in [3.8, 4) is 39.4 Å². The molecule has 4 aromatic heterocycles. The van der Waals surface area contributed by atoms with E-state index < -0.39 is 5.82 Å². The largest absolute Gasteiger partial charge is 0.508 e. The molecule has 0 unspecified atom stereocenters. The second kappa shape index (κ2) is 8.49. The van der Waals surface area contributed by atoms with Crippen molar-refractivity contribution in [1.82, 2.24) is 25.1 Å². The molecule has 0 saturated heterocycles. The number of aromatic hydroxyl groups is 1. The minimum absolute atomic E-state index is 0.126. The van der Waals surface area contributed by atoms with Crippen LogP contribution in [0, 0.1) is 5.82 Å². The Morgan fingerprint density at radius 1 is 0.917 bits per heavy atom. The first kappa shape index (κ1) is 21.8. The molecule has 0 saturated carbocycles. The minimum atomic E-state index is -0.501. The molecular weight excluding hydrogens is 455 g/mol. The number of halogens is 1. The minimum Gasteiger partial charge on any atom is -0.508 e. The fourth-order valence-electron chi connectivity index (χ4n) is 4.54. The van der Waals surface area contributed by atoms with Crippen molar-refractivity contribution in [2.45, 2.75) is 19.9 Å². The van der Waals surface area contributed by atoms with Gasteiger partial charge in [0.2, 0.25) is 0 Å². The number of nitrogens with zero attached hydrogens (tertiary/aromatic N) is 3. The van der Waals surface area contributed by atoms with Crippen molar-refractivity contribution in [2.75, 3.05) is 5.32 Å². The summed E-state index contributed by atoms with van der Waals surface area (Å²) in [7, 11) is 0. The zero-order valence-corrected chi connectivity index (χ0v) is 19.7. The van der Waals surface area contributed by atoms with Crippen molar-refractivity contribution in [1.29, 1.82) is 0 Å². The van der Waals surface area contributed by atoms with Crippen LogP contribution in [0.5, 0.6) is 5.75 Å². The van der Waals surface area contributed by atoms with Crippen LogP contribution in [0.3, 0.4) is 0 Å². The lowest BCUT2D eigenvalue weighted by atomic mass is 10.0. The molecule has 0 atom stereocenters. The van der Waals surface area contributed by atoms with Gasteiger partial charge in [-0.3, -0.25) is 10.1 Å². The molecule has 4 heterocycles. The average Bonchev–Trinajstić information content (AvgIpc) is 3.46. The molecule has 7 nitrogen and oxygen atoms in total. The lowest BCUT2D eigenvalue weighted by Gasteiger charge is -2.11. The molecule has 0 aliphatic rings. The van der Waals surface area contributed by atoms with Gasteiger partial charge >= 0.3 is 0 Å². The highest BCUT2D eigenvalue weighted by atomic mass is 19.1. The lowest BCUT2D eigenvalue weighted by molar-refractivity contribution is 0.469. The second-order valence-electron chi connectivity index (χ2n) is 9.10. The van der Waals surface area contributed by atoms with Gasteiger partial charge < -0.3 is 15.4 Å². The number of H-pyrrole nitrogens is 2. The van der Waals surface area contributed by atoms with Crippen LogP contribution >= 0.6 is 0 Å². The van der Waals surface area contributed by atoms with Gasteiger partial charge in [0.1, 0.15) is 22.9 Å². The molecule has 8 heteroatoms. The van der Waals surface area contributed by atoms with E-state index in [-0.39, 0.29) is 5.75 Å². The lowest BCUT2D eigenvalue weighted by Crippen LogP contribution is -2.09. The van der Waals surface area contributed by atoms with Gasteiger partial charge in [0.05, 0.1) is 16.9 Å². The van der Waals surface area contributed by atoms with E-state index in [1.54, 1.807) is 12.3 Å². The number of hydrogen-bond donors (Lipinski definition) is 4. The number of pyridine rings is 2. The van der Waals surface area contributed by atoms with E-state index in [9.17, 15) is 9.50 Å². The number of anilines is 1. The number of aromatic amines is 2. The molecule has 6 rings (SSSR count). The van der Waals surface area contributed by atoms with Crippen molar-refractivity contribution in [2.24, 2.45) is 0 Å². The summed E-state index contributed by atoms with van der Waals surface area (Å²) in [5.74, 6) is -0.627. The molecular formula is C28H23FN6O. The summed E-state index contributed by atoms with van der Waals surface area (Å²) in [5.41, 5.74) is 7.41. The number of aromatic nitrogens is 5. The number of phenolic OH excluding ortho intramolecular Hbond substituents is 1. The van der Waals surface area contributed by atoms with Crippen LogP contribution in [0.4, 0.5) is 10.1 Å². The smallest absolute Gasteiger partial charge is 0.138 e. The molecule has 178 valence electrons. The highest BCUT2D eigenvalue weighted by Gasteiger charge is 2.16. The van der Waals surface area contributed by atoms with E-state index in [4.69, 9.17) is 0 Å². The van der Waals surface area contributed by atoms with E-state index in [2.05, 4.69) is 56.4 Å². The van der Waals surface area contributed by atoms with Crippen molar-refractivity contribution >= 4 is 27.6 Å². The topological polar surface area (TPSA) is 103 Å². The van der Waals surface area contributed by atoms with E-state index in [0.29, 0.717) is 17.3 Å². The monoisotopic (exact) mass is 478 g/mol. The van der Waals surface area contributed by atoms with Crippen LogP contribution in [0.25, 0.3) is 55.6 Å². The van der Waals surface area contributed by atoms with E-state index in [0.717, 1.165) is 56.1 Å². The Labute approximate surface area is 206 Å². The third kappa shape index (κ3) is 3.92. The van der Waals surface area contributed by atoms with Crippen molar-refractivity contribution < 1.29 is 9.50 Å². The Bertz CT molecular complexity index is 1720. The summed E-state index contributed by atoms with van der Waals surface area (Å²) < 4.78 is 14.0. The van der Waals surface area contributed by atoms with Crippen molar-refractivity contribution in [3.63, 3.8) is 0 Å². The Balaban J connectivity index is 1.45. The number of benzene rings is 2. The average molecular weight is 479 g/mol. The van der Waals surface area contributed by atoms with Crippen molar-refractivity contribution in [3.05, 3.63) is 79.0 Å². The van der Waals surface area contributed by atoms with Crippen LogP contribution in [0.2, 0.25) is 0 Å². The Morgan fingerprint density at radius 2 is 1.81 bits per heavy atom. The molecule has 0 radical (unpaired) electrons. The molecule has 2 aromatic carbocycles. The molecule has 4 N–H and O–H groups in total. The summed E-state index contributed by atoms with van der Waals surface area (Å²) in [6.07, 6.45) is 5.32. The molecule has 0 bridgehead atoms. The maximum atomic E-state index is 14.0. The molecule has 0 amide bonds. The molecule has 0 spiro atoms. The summed E-state index contributed by atoms with van der Waals surface area (Å²) in [6.45, 7) is 4.18. The summed E-state index contributed by atoms with van der Waals surface area (Å²) in [4.78, 5) is 12.2. The molecule has 0 aliphatic heterocycles. The number of phenols is 1. The molecule has 6 aromatic rings. The molecule has 36 heavy (non-hydrogen) atoms. The normalized spacial score (nSPS) is 11.6. The van der Waals surface area contributed by atoms with Crippen LogP contribution in [0.15, 0.2) is 73.2 Å². The van der Waals surface area contributed by atoms with E-state index >= 15 is 0 Å². The van der Waals surface area contributed by atoms with Gasteiger partial charge in [0.25, 0.3) is 0 Å². The first-order valence-corrected chi connectivity index (χ1v) is 11.6. The van der Waals surface area contributed by atoms with Gasteiger partial charge in [0, 0.05) is 47.0 Å². The fourth-order valence-corrected chi connectivity index (χ4v) is 4.54. The maximum Gasteiger partial charge on any atom is 0.138 e. The fraction of sp³-hybridized carbons (Fsp3) is 0.107. The van der Waals surface area contributed by atoms with Gasteiger partial charge in [0.15, 0.2) is 0 Å². The standard InChI is InChI=1S/C28H23FN6O/c1-15(2)32-20-8-18(13-30-14-20)16-3-4-25-24(10-16)27(35-34-25)26-12-23-22(5-6-31-28(23)33-26)17-7-19(29)11-21(36)9-17/h3-15,32,36H,1-2H3,(H,31,33)(H,34,35). The zero-order chi connectivity index (χ0) is 24.8. The predicted molar refractivity (Wildman–Crippen MR) is 140 cm³/mol. The second-order valence-corrected chi connectivity index (χ2v) is 9.10. The van der Waals surface area contributed by atoms with Crippen LogP contribution < -0.4 is 5.32 Å². The predicted octanol–water partition coefficient (Wildman–Crippen LogP) is 6.50. The SMILES string of the molecule is CC(C)Nc1cncc(-c2ccc3[nH]nc(-c4cc5c(-c6cc(O)cc(F)c6)ccnc5[nH]4)c3c2)c1. The highest BCUT2D eigenvalue weighted by Crippen LogP contribution is 2.35. The third-order valence-electron chi connectivity index (χ3n) is 6.07. The highest BCUT2D eigenvalue weighted by molar-refractivity contribution is 6.00. The summed E-state index contributed by atoms with van der Waals surface area (Å²) in [5, 5.41) is 22.7. The molecule has 0 aliphatic carbocycles. The molecule has 0 fully saturated rings. The van der Waals surface area contributed by atoms with Gasteiger partial charge in [-0.15, -0.1) is 0 Å². The number of rotatable bonds is 5. The number of nitrogens with one attached hydrogen (secondary N) is 3. The summed E-state index contributed by atoms with van der Waals surface area (Å²) >= 11 is 0. The first-order chi connectivity index (χ1) is 17.4.